The van der Waals surface area contributed by atoms with Crippen LogP contribution < -0.4 is 5.32 Å². The molecule has 1 atom stereocenters. The minimum absolute atomic E-state index is 0.0153. The van der Waals surface area contributed by atoms with Crippen LogP contribution in [0.4, 0.5) is 5.82 Å². The van der Waals surface area contributed by atoms with Crippen molar-refractivity contribution < 1.29 is 14.3 Å². The number of pyridine rings is 2. The van der Waals surface area contributed by atoms with Crippen molar-refractivity contribution in [2.75, 3.05) is 19.0 Å². The van der Waals surface area contributed by atoms with Gasteiger partial charge in [-0.3, -0.25) is 9.59 Å². The first-order valence-corrected chi connectivity index (χ1v) is 12.0. The number of amides is 2. The Balaban J connectivity index is 1.35. The Morgan fingerprint density at radius 3 is 2.75 bits per heavy atom. The number of nitrogens with zero attached hydrogens (tertiary/aromatic N) is 5. The number of imidazole rings is 1. The van der Waals surface area contributed by atoms with Gasteiger partial charge in [0.05, 0.1) is 22.8 Å². The van der Waals surface area contributed by atoms with Gasteiger partial charge in [0.15, 0.2) is 0 Å². The molecule has 4 aromatic rings. The predicted molar refractivity (Wildman–Crippen MR) is 135 cm³/mol. The molecule has 9 heteroatoms. The van der Waals surface area contributed by atoms with Gasteiger partial charge < -0.3 is 19.5 Å². The van der Waals surface area contributed by atoms with Crippen LogP contribution in [0.3, 0.4) is 0 Å². The number of aromatic nitrogens is 4. The van der Waals surface area contributed by atoms with Crippen molar-refractivity contribution in [3.8, 4) is 0 Å². The van der Waals surface area contributed by atoms with Crippen LogP contribution in [0.2, 0.25) is 0 Å². The monoisotopic (exact) mass is 484 g/mol. The zero-order chi connectivity index (χ0) is 25.1. The lowest BCUT2D eigenvalue weighted by atomic mass is 10.1. The third-order valence-electron chi connectivity index (χ3n) is 6.37. The summed E-state index contributed by atoms with van der Waals surface area (Å²) in [6.45, 7) is 3.06. The SMILES string of the molecule is COCc1nc2ccccc2n1CC(=O)N1CCC[C@@H]1c1cccc(C(=O)Nc2ccc(C)cn2)n1. The Bertz CT molecular complexity index is 1400. The van der Waals surface area contributed by atoms with Gasteiger partial charge in [0.1, 0.15) is 30.5 Å². The molecule has 3 aromatic heterocycles. The third-order valence-corrected chi connectivity index (χ3v) is 6.37. The average molecular weight is 485 g/mol. The molecule has 5 rings (SSSR count). The van der Waals surface area contributed by atoms with E-state index < -0.39 is 0 Å². The number of fused-ring (bicyclic) bond motifs is 1. The summed E-state index contributed by atoms with van der Waals surface area (Å²) in [5.41, 5.74) is 3.74. The Morgan fingerprint density at radius 1 is 1.08 bits per heavy atom. The second kappa shape index (κ2) is 10.2. The number of hydrogen-bond acceptors (Lipinski definition) is 6. The van der Waals surface area contributed by atoms with E-state index in [1.54, 1.807) is 31.5 Å². The molecule has 1 fully saturated rings. The topological polar surface area (TPSA) is 102 Å². The minimum atomic E-state index is -0.335. The molecule has 0 radical (unpaired) electrons. The van der Waals surface area contributed by atoms with E-state index in [-0.39, 0.29) is 30.1 Å². The fourth-order valence-corrected chi connectivity index (χ4v) is 4.63. The number of carbonyl (C=O) groups excluding carboxylic acids is 2. The number of ether oxygens (including phenoxy) is 1. The molecule has 0 saturated carbocycles. The van der Waals surface area contributed by atoms with E-state index in [9.17, 15) is 9.59 Å². The molecule has 1 aliphatic heterocycles. The summed E-state index contributed by atoms with van der Waals surface area (Å²) in [5.74, 6) is 0.830. The first kappa shape index (κ1) is 23.6. The summed E-state index contributed by atoms with van der Waals surface area (Å²) in [4.78, 5) is 41.6. The molecule has 0 bridgehead atoms. The quantitative estimate of drug-likeness (QED) is 0.427. The summed E-state index contributed by atoms with van der Waals surface area (Å²) in [7, 11) is 1.62. The van der Waals surface area contributed by atoms with Crippen molar-refractivity contribution in [1.29, 1.82) is 0 Å². The van der Waals surface area contributed by atoms with E-state index >= 15 is 0 Å². The minimum Gasteiger partial charge on any atom is -0.377 e. The zero-order valence-corrected chi connectivity index (χ0v) is 20.3. The van der Waals surface area contributed by atoms with Crippen molar-refractivity contribution in [3.05, 3.63) is 83.6 Å². The molecule has 0 aliphatic carbocycles. The fourth-order valence-electron chi connectivity index (χ4n) is 4.63. The molecule has 1 aromatic carbocycles. The molecule has 0 spiro atoms. The Kier molecular flexibility index (Phi) is 6.73. The lowest BCUT2D eigenvalue weighted by molar-refractivity contribution is -0.132. The van der Waals surface area contributed by atoms with Crippen molar-refractivity contribution >= 4 is 28.7 Å². The summed E-state index contributed by atoms with van der Waals surface area (Å²) in [6.07, 6.45) is 3.36. The summed E-state index contributed by atoms with van der Waals surface area (Å²) >= 11 is 0. The molecular formula is C27H28N6O3. The Morgan fingerprint density at radius 2 is 1.94 bits per heavy atom. The van der Waals surface area contributed by atoms with E-state index in [1.807, 2.05) is 52.8 Å². The second-order valence-electron chi connectivity index (χ2n) is 8.90. The number of anilines is 1. The van der Waals surface area contributed by atoms with Gasteiger partial charge in [-0.1, -0.05) is 24.3 Å². The van der Waals surface area contributed by atoms with Crippen LogP contribution in [0.5, 0.6) is 0 Å². The van der Waals surface area contributed by atoms with Crippen LogP contribution in [0.25, 0.3) is 11.0 Å². The van der Waals surface area contributed by atoms with E-state index in [4.69, 9.17) is 4.74 Å². The molecule has 1 saturated heterocycles. The smallest absolute Gasteiger partial charge is 0.275 e. The first-order chi connectivity index (χ1) is 17.5. The predicted octanol–water partition coefficient (Wildman–Crippen LogP) is 3.90. The van der Waals surface area contributed by atoms with Crippen molar-refractivity contribution in [1.82, 2.24) is 24.4 Å². The zero-order valence-electron chi connectivity index (χ0n) is 20.3. The molecular weight excluding hydrogens is 456 g/mol. The molecule has 9 nitrogen and oxygen atoms in total. The van der Waals surface area contributed by atoms with Crippen LogP contribution >= 0.6 is 0 Å². The number of nitrogens with one attached hydrogen (secondary N) is 1. The highest BCUT2D eigenvalue weighted by Crippen LogP contribution is 2.31. The number of aryl methyl sites for hydroxylation is 1. The lowest BCUT2D eigenvalue weighted by Gasteiger charge is -2.25. The molecule has 0 unspecified atom stereocenters. The highest BCUT2D eigenvalue weighted by atomic mass is 16.5. The maximum atomic E-state index is 13.5. The van der Waals surface area contributed by atoms with Crippen molar-refractivity contribution in [2.45, 2.75) is 39.0 Å². The summed E-state index contributed by atoms with van der Waals surface area (Å²) in [5, 5.41) is 2.79. The van der Waals surface area contributed by atoms with Gasteiger partial charge in [0, 0.05) is 19.9 Å². The van der Waals surface area contributed by atoms with E-state index in [0.717, 1.165) is 29.4 Å². The molecule has 1 N–H and O–H groups in total. The van der Waals surface area contributed by atoms with Gasteiger partial charge in [-0.2, -0.15) is 0 Å². The van der Waals surface area contributed by atoms with Crippen molar-refractivity contribution in [3.63, 3.8) is 0 Å². The first-order valence-electron chi connectivity index (χ1n) is 12.0. The number of likely N-dealkylation sites (tertiary alicyclic amines) is 1. The fraction of sp³-hybridized carbons (Fsp3) is 0.296. The Hall–Kier alpha value is -4.11. The number of methoxy groups -OCH3 is 1. The van der Waals surface area contributed by atoms with Crippen LogP contribution in [0, 0.1) is 6.92 Å². The molecule has 2 amide bonds. The lowest BCUT2D eigenvalue weighted by Crippen LogP contribution is -2.34. The normalized spacial score (nSPS) is 15.4. The molecule has 4 heterocycles. The standard InChI is InChI=1S/C27H28N6O3/c1-18-12-13-24(28-15-18)31-27(35)21-9-5-8-19(29-21)22-11-6-14-32(22)26(34)16-33-23-10-4-3-7-20(23)30-25(33)17-36-2/h3-5,7-10,12-13,15,22H,6,11,14,16-17H2,1-2H3,(H,28,31,35)/t22-/m1/s1. The van der Waals surface area contributed by atoms with E-state index in [0.29, 0.717) is 30.5 Å². The molecule has 36 heavy (non-hydrogen) atoms. The van der Waals surface area contributed by atoms with E-state index in [1.165, 1.54) is 0 Å². The highest BCUT2D eigenvalue weighted by Gasteiger charge is 2.32. The maximum absolute atomic E-state index is 13.5. The third kappa shape index (κ3) is 4.83. The van der Waals surface area contributed by atoms with Gasteiger partial charge in [0.25, 0.3) is 5.91 Å². The summed E-state index contributed by atoms with van der Waals surface area (Å²) < 4.78 is 7.24. The van der Waals surface area contributed by atoms with Crippen LogP contribution in [-0.4, -0.2) is 49.9 Å². The van der Waals surface area contributed by atoms with Gasteiger partial charge in [-0.05, 0) is 55.7 Å². The number of hydrogen-bond donors (Lipinski definition) is 1. The highest BCUT2D eigenvalue weighted by molar-refractivity contribution is 6.02. The van der Waals surface area contributed by atoms with E-state index in [2.05, 4.69) is 20.3 Å². The van der Waals surface area contributed by atoms with Gasteiger partial charge >= 0.3 is 0 Å². The number of benzene rings is 1. The van der Waals surface area contributed by atoms with Crippen LogP contribution in [0.1, 0.15) is 46.5 Å². The van der Waals surface area contributed by atoms with Gasteiger partial charge in [-0.15, -0.1) is 0 Å². The van der Waals surface area contributed by atoms with Gasteiger partial charge in [0.2, 0.25) is 5.91 Å². The summed E-state index contributed by atoms with van der Waals surface area (Å²) in [6, 6.07) is 16.6. The average Bonchev–Trinajstić information content (AvgIpc) is 3.51. The Labute approximate surface area is 209 Å². The largest absolute Gasteiger partial charge is 0.377 e. The maximum Gasteiger partial charge on any atom is 0.275 e. The second-order valence-corrected chi connectivity index (χ2v) is 8.90. The van der Waals surface area contributed by atoms with Crippen molar-refractivity contribution in [2.24, 2.45) is 0 Å². The van der Waals surface area contributed by atoms with Crippen LogP contribution in [-0.2, 0) is 22.7 Å². The number of rotatable bonds is 7. The molecule has 1 aliphatic rings. The van der Waals surface area contributed by atoms with Crippen LogP contribution in [0.15, 0.2) is 60.8 Å². The number of carbonyl (C=O) groups is 2. The van der Waals surface area contributed by atoms with Gasteiger partial charge in [-0.25, -0.2) is 15.0 Å². The molecule has 184 valence electrons. The number of para-hydroxylation sites is 2.